The molecule has 0 aromatic heterocycles. The zero-order chi connectivity index (χ0) is 4.83. The van der Waals surface area contributed by atoms with E-state index in [-0.39, 0.29) is 7.48 Å². The van der Waals surface area contributed by atoms with Crippen LogP contribution in [0.2, 0.25) is 0 Å². The molecule has 0 heterocycles. The molecular weight excluding hydrogens is 76.9 g/mol. The normalized spacial score (nSPS) is 6.67. The molecule has 0 aromatic rings. The van der Waals surface area contributed by atoms with Crippen LogP contribution in [0.1, 0.15) is 6.92 Å². The molecular formula is C3H6BNO. The Balaban J connectivity index is 2.54. The van der Waals surface area contributed by atoms with Crippen molar-refractivity contribution in [2.24, 2.45) is 0 Å². The number of rotatable bonds is 2. The Bertz CT molecular complexity index is 58.3. The smallest absolute Gasteiger partial charge is 0.396 e. The minimum atomic E-state index is 0.219. The highest BCUT2D eigenvalue weighted by atomic mass is 16.4. The van der Waals surface area contributed by atoms with Crippen molar-refractivity contribution in [1.29, 1.82) is 5.26 Å². The first-order valence-corrected chi connectivity index (χ1v) is 1.86. The Morgan fingerprint density at radius 1 is 2.00 bits per heavy atom. The minimum absolute atomic E-state index is 0.219. The summed E-state index contributed by atoms with van der Waals surface area (Å²) in [7, 11) is 0.219. The highest BCUT2D eigenvalue weighted by molar-refractivity contribution is 6.37. The standard InChI is InChI=1S/C3H6BNO/c1-2-6-4-3-5/h4H,2H2,1H3. The van der Waals surface area contributed by atoms with Crippen molar-refractivity contribution in [3.63, 3.8) is 0 Å². The van der Waals surface area contributed by atoms with E-state index in [9.17, 15) is 0 Å². The fourth-order valence-corrected chi connectivity index (χ4v) is 0.148. The third-order valence-electron chi connectivity index (χ3n) is 0.371. The molecule has 0 aliphatic heterocycles. The van der Waals surface area contributed by atoms with Gasteiger partial charge in [-0.15, -0.1) is 0 Å². The Morgan fingerprint density at radius 3 is 2.83 bits per heavy atom. The molecule has 0 atom stereocenters. The van der Waals surface area contributed by atoms with Crippen LogP contribution in [0.3, 0.4) is 0 Å². The predicted molar refractivity (Wildman–Crippen MR) is 24.4 cm³/mol. The Hall–Kier alpha value is -0.485. The Morgan fingerprint density at radius 2 is 2.67 bits per heavy atom. The SMILES string of the molecule is CCOBC#N. The van der Waals surface area contributed by atoms with E-state index in [1.54, 1.807) is 0 Å². The van der Waals surface area contributed by atoms with E-state index in [0.717, 1.165) is 0 Å². The maximum atomic E-state index is 7.82. The van der Waals surface area contributed by atoms with Crippen molar-refractivity contribution in [1.82, 2.24) is 0 Å². The van der Waals surface area contributed by atoms with Crippen LogP contribution in [-0.2, 0) is 4.65 Å². The van der Waals surface area contributed by atoms with Gasteiger partial charge >= 0.3 is 7.48 Å². The van der Waals surface area contributed by atoms with Crippen molar-refractivity contribution in [2.45, 2.75) is 6.92 Å². The molecule has 0 aliphatic carbocycles. The first-order valence-electron chi connectivity index (χ1n) is 1.86. The molecule has 0 radical (unpaired) electrons. The summed E-state index contributed by atoms with van der Waals surface area (Å²) in [5.74, 6) is 1.85. The van der Waals surface area contributed by atoms with Crippen LogP contribution in [-0.4, -0.2) is 14.1 Å². The Kier molecular flexibility index (Phi) is 4.15. The molecule has 0 saturated heterocycles. The molecule has 0 aliphatic rings. The van der Waals surface area contributed by atoms with Gasteiger partial charge in [0.1, 0.15) is 0 Å². The molecule has 0 unspecified atom stereocenters. The van der Waals surface area contributed by atoms with Gasteiger partial charge in [-0.1, -0.05) is 0 Å². The zero-order valence-corrected chi connectivity index (χ0v) is 3.77. The van der Waals surface area contributed by atoms with Crippen molar-refractivity contribution >= 4 is 7.48 Å². The van der Waals surface area contributed by atoms with E-state index < -0.39 is 0 Å². The minimum Gasteiger partial charge on any atom is -0.426 e. The van der Waals surface area contributed by atoms with Gasteiger partial charge in [0.05, 0.1) is 0 Å². The molecule has 6 heavy (non-hydrogen) atoms. The molecule has 0 bridgehead atoms. The number of nitriles is 1. The van der Waals surface area contributed by atoms with Gasteiger partial charge in [-0.2, -0.15) is 0 Å². The van der Waals surface area contributed by atoms with Crippen LogP contribution in [0.4, 0.5) is 0 Å². The van der Waals surface area contributed by atoms with Crippen LogP contribution in [0.25, 0.3) is 0 Å². The van der Waals surface area contributed by atoms with Crippen LogP contribution < -0.4 is 0 Å². The van der Waals surface area contributed by atoms with E-state index in [4.69, 9.17) is 5.26 Å². The molecule has 2 nitrogen and oxygen atoms in total. The summed E-state index contributed by atoms with van der Waals surface area (Å²) in [5, 5.41) is 7.82. The molecule has 0 spiro atoms. The lowest BCUT2D eigenvalue weighted by molar-refractivity contribution is 0.367. The zero-order valence-electron chi connectivity index (χ0n) is 3.77. The quantitative estimate of drug-likeness (QED) is 0.343. The molecule has 0 aromatic carbocycles. The van der Waals surface area contributed by atoms with Crippen LogP contribution in [0, 0.1) is 11.2 Å². The first kappa shape index (κ1) is 5.51. The summed E-state index contributed by atoms with van der Waals surface area (Å²) in [6.45, 7) is 2.49. The van der Waals surface area contributed by atoms with Crippen molar-refractivity contribution in [2.75, 3.05) is 6.61 Å². The summed E-state index contributed by atoms with van der Waals surface area (Å²) in [6, 6.07) is 0. The third kappa shape index (κ3) is 3.51. The maximum absolute atomic E-state index is 7.82. The van der Waals surface area contributed by atoms with Crippen molar-refractivity contribution < 1.29 is 4.65 Å². The van der Waals surface area contributed by atoms with E-state index >= 15 is 0 Å². The maximum Gasteiger partial charge on any atom is 0.396 e. The molecule has 0 N–H and O–H groups in total. The van der Waals surface area contributed by atoms with E-state index in [0.29, 0.717) is 6.61 Å². The summed E-state index contributed by atoms with van der Waals surface area (Å²) in [6.07, 6.45) is 0. The number of hydrogen-bond acceptors (Lipinski definition) is 2. The highest BCUT2D eigenvalue weighted by Gasteiger charge is 1.77. The fourth-order valence-electron chi connectivity index (χ4n) is 0.148. The summed E-state index contributed by atoms with van der Waals surface area (Å²) in [4.78, 5) is 0. The summed E-state index contributed by atoms with van der Waals surface area (Å²) in [5.41, 5.74) is 0. The van der Waals surface area contributed by atoms with Gasteiger partial charge in [0.15, 0.2) is 0 Å². The van der Waals surface area contributed by atoms with E-state index in [2.05, 4.69) is 4.65 Å². The largest absolute Gasteiger partial charge is 0.426 e. The van der Waals surface area contributed by atoms with Gasteiger partial charge in [-0.3, -0.25) is 0 Å². The summed E-state index contributed by atoms with van der Waals surface area (Å²) < 4.78 is 4.62. The Labute approximate surface area is 38.0 Å². The number of hydrogen-bond donors (Lipinski definition) is 0. The molecule has 0 amide bonds. The number of nitrogens with zero attached hydrogens (tertiary/aromatic N) is 1. The monoisotopic (exact) mass is 83.1 g/mol. The molecule has 3 heteroatoms. The lowest BCUT2D eigenvalue weighted by atomic mass is 10.1. The second-order valence-electron chi connectivity index (χ2n) is 0.795. The van der Waals surface area contributed by atoms with Gasteiger partial charge < -0.3 is 4.65 Å². The average Bonchev–Trinajstić information content (AvgIpc) is 1.61. The first-order chi connectivity index (χ1) is 2.91. The van der Waals surface area contributed by atoms with Gasteiger partial charge in [0, 0.05) is 12.6 Å². The second kappa shape index (κ2) is 4.51. The average molecular weight is 82.9 g/mol. The van der Waals surface area contributed by atoms with Gasteiger partial charge in [0.2, 0.25) is 0 Å². The van der Waals surface area contributed by atoms with E-state index in [1.165, 1.54) is 0 Å². The summed E-state index contributed by atoms with van der Waals surface area (Å²) >= 11 is 0. The topological polar surface area (TPSA) is 33.0 Å². The predicted octanol–water partition coefficient (Wildman–Crippen LogP) is -0.145. The molecule has 0 rings (SSSR count). The van der Waals surface area contributed by atoms with Crippen LogP contribution >= 0.6 is 0 Å². The highest BCUT2D eigenvalue weighted by Crippen LogP contribution is 1.61. The second-order valence-corrected chi connectivity index (χ2v) is 0.795. The van der Waals surface area contributed by atoms with Crippen molar-refractivity contribution in [3.8, 4) is 5.97 Å². The fraction of sp³-hybridized carbons (Fsp3) is 0.667. The molecule has 0 saturated carbocycles. The van der Waals surface area contributed by atoms with Gasteiger partial charge in [0.25, 0.3) is 0 Å². The third-order valence-corrected chi connectivity index (χ3v) is 0.371. The molecule has 32 valence electrons. The van der Waals surface area contributed by atoms with Crippen LogP contribution in [0.5, 0.6) is 0 Å². The lowest BCUT2D eigenvalue weighted by Crippen LogP contribution is -1.92. The van der Waals surface area contributed by atoms with E-state index in [1.807, 2.05) is 12.9 Å². The molecule has 0 fully saturated rings. The van der Waals surface area contributed by atoms with Crippen LogP contribution in [0.15, 0.2) is 0 Å². The van der Waals surface area contributed by atoms with Gasteiger partial charge in [-0.05, 0) is 6.92 Å². The lowest BCUT2D eigenvalue weighted by Gasteiger charge is -1.82. The van der Waals surface area contributed by atoms with Crippen molar-refractivity contribution in [3.05, 3.63) is 0 Å². The van der Waals surface area contributed by atoms with Gasteiger partial charge in [-0.25, -0.2) is 5.26 Å².